The molecule has 1 saturated heterocycles. The van der Waals surface area contributed by atoms with E-state index in [0.29, 0.717) is 73.3 Å². The van der Waals surface area contributed by atoms with Crippen LogP contribution in [0, 0.1) is 41.4 Å². The number of aliphatic imine (C=N–C) groups is 2. The molecule has 6 heterocycles. The molecule has 0 spiro atoms. The van der Waals surface area contributed by atoms with E-state index < -0.39 is 96.5 Å². The van der Waals surface area contributed by atoms with Gasteiger partial charge >= 0.3 is 11.9 Å². The molecule has 3 fully saturated rings. The van der Waals surface area contributed by atoms with Crippen LogP contribution in [-0.2, 0) is 33.3 Å². The smallest absolute Gasteiger partial charge is 0.343 e. The average molecular weight is 1090 g/mol. The minimum Gasteiger partial charge on any atom is -0.477 e. The van der Waals surface area contributed by atoms with Crippen LogP contribution in [0.3, 0.4) is 0 Å². The fourth-order valence-electron chi connectivity index (χ4n) is 11.5. The van der Waals surface area contributed by atoms with Crippen molar-refractivity contribution in [3.8, 4) is 11.8 Å². The number of aliphatic carboxylic acids is 1. The molecule has 0 radical (unpaired) electrons. The van der Waals surface area contributed by atoms with Crippen LogP contribution in [0.25, 0.3) is 0 Å². The van der Waals surface area contributed by atoms with Crippen LogP contribution >= 0.6 is 21.6 Å². The molecule has 0 aromatic carbocycles. The van der Waals surface area contributed by atoms with Crippen molar-refractivity contribution in [3.63, 3.8) is 0 Å². The highest BCUT2D eigenvalue weighted by Crippen LogP contribution is 2.47. The number of carbonyl (C=O) groups excluding carboxylic acids is 1. The molecule has 8 rings (SSSR count). The van der Waals surface area contributed by atoms with Gasteiger partial charge in [-0.1, -0.05) is 45.1 Å². The Labute approximate surface area is 444 Å². The zero-order chi connectivity index (χ0) is 53.6. The number of nitrogens with two attached hydrogens (primary N) is 2. The lowest BCUT2D eigenvalue weighted by molar-refractivity contribution is -0.870. The summed E-state index contributed by atoms with van der Waals surface area (Å²) in [5.41, 5.74) is 14.4. The predicted octanol–water partition coefficient (Wildman–Crippen LogP) is -1.38. The Morgan fingerprint density at radius 1 is 1.13 bits per heavy atom. The first kappa shape index (κ1) is 57.0. The third-order valence-electron chi connectivity index (χ3n) is 15.3. The van der Waals surface area contributed by atoms with Gasteiger partial charge in [0.15, 0.2) is 24.3 Å². The van der Waals surface area contributed by atoms with Crippen molar-refractivity contribution in [3.05, 3.63) is 58.2 Å². The number of nitrogens with one attached hydrogen (secondary N) is 3. The van der Waals surface area contributed by atoms with Crippen molar-refractivity contribution >= 4 is 45.4 Å². The van der Waals surface area contributed by atoms with Crippen molar-refractivity contribution < 1.29 is 79.0 Å². The standard InChI is InChI=1S/C51H73N7O15S2/c1-26(2)70-44-48(72-39(23-62)43(63)51(44,67)68)73-47-33(16-27-6-3-4-7-27)40-28-8-9-29(18-32-12-14-55-49(52)56-32)42(75-74-25-36-30(21-60)10-11-38(36)71-46(66)35(40)24-69-47)37(22-61)58-19-31(17-28)41(34(20-58)45(64)65)57-50(53)54-13-5-15-59/h16-17,20,24,26,29-30,32-33,36-40,42-44,47-48,59-63,67-68H,3-7,10-15,18-19,21-23,25H2,1-2H3,(H,64,65)(H3,52,55,56)(H3,53,54,57)/p+1. The van der Waals surface area contributed by atoms with E-state index >= 15 is 4.79 Å². The minimum atomic E-state index is -2.99. The predicted molar refractivity (Wildman–Crippen MR) is 276 cm³/mol. The number of esters is 1. The Balaban J connectivity index is 1.38. The highest BCUT2D eigenvalue weighted by molar-refractivity contribution is 8.77. The summed E-state index contributed by atoms with van der Waals surface area (Å²) >= 11 is 0. The van der Waals surface area contributed by atoms with E-state index in [1.54, 1.807) is 26.1 Å². The summed E-state index contributed by atoms with van der Waals surface area (Å²) in [4.78, 5) is 38.1. The fraction of sp³-hybridized carbons (Fsp3) is 0.686. The van der Waals surface area contributed by atoms with Gasteiger partial charge in [-0.3, -0.25) is 14.9 Å². The third kappa shape index (κ3) is 13.1. The molecular formula is C51H74N7O15S2+. The van der Waals surface area contributed by atoms with Gasteiger partial charge < -0.3 is 86.6 Å². The summed E-state index contributed by atoms with van der Waals surface area (Å²) in [6.45, 7) is 2.55. The minimum absolute atomic E-state index is 0.0490. The summed E-state index contributed by atoms with van der Waals surface area (Å²) < 4.78 is 31.7. The average Bonchev–Trinajstić information content (AvgIpc) is 4.04. The Kier molecular flexibility index (Phi) is 19.4. The zero-order valence-electron chi connectivity index (χ0n) is 42.3. The van der Waals surface area contributed by atoms with Crippen LogP contribution in [0.1, 0.15) is 71.6 Å². The zero-order valence-corrected chi connectivity index (χ0v) is 43.9. The van der Waals surface area contributed by atoms with E-state index in [2.05, 4.69) is 32.5 Å². The Bertz CT molecular complexity index is 2360. The molecule has 22 nitrogen and oxygen atoms in total. The molecule has 8 aliphatic rings. The number of aliphatic hydroxyl groups excluding tert-OH is 5. The molecule has 15 N–H and O–H groups in total. The van der Waals surface area contributed by atoms with Crippen LogP contribution in [0.5, 0.6) is 0 Å². The molecule has 0 aromatic heterocycles. The van der Waals surface area contributed by atoms with Gasteiger partial charge in [0.05, 0.1) is 48.0 Å². The van der Waals surface area contributed by atoms with Crippen molar-refractivity contribution in [1.82, 2.24) is 10.6 Å². The van der Waals surface area contributed by atoms with E-state index in [4.69, 9.17) is 35.2 Å². The molecule has 0 aromatic rings. The van der Waals surface area contributed by atoms with Crippen LogP contribution in [0.4, 0.5) is 0 Å². The maximum Gasteiger partial charge on any atom is 0.343 e. The van der Waals surface area contributed by atoms with E-state index in [9.17, 15) is 45.6 Å². The number of carboxylic acids is 1. The van der Waals surface area contributed by atoms with Crippen LogP contribution < -0.4 is 27.0 Å². The van der Waals surface area contributed by atoms with Gasteiger partial charge in [0.1, 0.15) is 42.7 Å². The van der Waals surface area contributed by atoms with Gasteiger partial charge in [0.25, 0.3) is 0 Å². The Morgan fingerprint density at radius 2 is 1.92 bits per heavy atom. The quantitative estimate of drug-likeness (QED) is 0.0131. The number of quaternary nitrogens is 1. The Morgan fingerprint density at radius 3 is 2.61 bits per heavy atom. The first-order valence-electron chi connectivity index (χ1n) is 26.0. The number of hydrogen-bond acceptors (Lipinski definition) is 20. The molecule has 24 heteroatoms. The maximum atomic E-state index is 15.3. The lowest BCUT2D eigenvalue weighted by Gasteiger charge is -2.48. The van der Waals surface area contributed by atoms with Gasteiger partial charge in [-0.2, -0.15) is 0 Å². The summed E-state index contributed by atoms with van der Waals surface area (Å²) in [7, 11) is 3.06. The number of guanidine groups is 2. The van der Waals surface area contributed by atoms with E-state index in [1.807, 2.05) is 6.08 Å². The van der Waals surface area contributed by atoms with Crippen molar-refractivity contribution in [2.24, 2.45) is 51.0 Å². The number of hydrogen-bond donors (Lipinski definition) is 13. The molecule has 6 aliphatic heterocycles. The molecule has 15 atom stereocenters. The number of rotatable bonds is 15. The van der Waals surface area contributed by atoms with Crippen LogP contribution in [-0.4, -0.2) is 183 Å². The van der Waals surface area contributed by atoms with Gasteiger partial charge in [-0.05, 0) is 83.6 Å². The summed E-state index contributed by atoms with van der Waals surface area (Å²) in [6.07, 6.45) is 2.50. The SMILES string of the molecule is CC(C)OC1C(OC2OC=C3C(=O)OC4CCC(CO)C4CSSC4C(CC5CCN=C(N)N5)C#CC(=CC5=C(NC(N)=NCCCO)C(C(=O)O)=C[NH+](C5)C4CO)C3C2C=C2CCCC2)OC(CO)C(O)C1(O)O. The van der Waals surface area contributed by atoms with Gasteiger partial charge in [0, 0.05) is 67.0 Å². The number of aliphatic hydroxyl groups is 7. The number of nitrogens with zero attached hydrogens (tertiary/aromatic N) is 2. The summed E-state index contributed by atoms with van der Waals surface area (Å²) in [5, 5.41) is 93.0. The highest BCUT2D eigenvalue weighted by atomic mass is 33.1. The van der Waals surface area contributed by atoms with Crippen LogP contribution in [0.2, 0.25) is 0 Å². The second-order valence-electron chi connectivity index (χ2n) is 20.7. The van der Waals surface area contributed by atoms with Gasteiger partial charge in [0.2, 0.25) is 12.1 Å². The van der Waals surface area contributed by atoms with Gasteiger partial charge in [-0.25, -0.2) is 9.59 Å². The summed E-state index contributed by atoms with van der Waals surface area (Å²) in [5.74, 6) is -0.256. The first-order chi connectivity index (χ1) is 36.0. The molecule has 4 bridgehead atoms. The monoisotopic (exact) mass is 1090 g/mol. The molecule has 15 unspecified atom stereocenters. The number of carbonyl (C=O) groups is 2. The molecular weight excluding hydrogens is 1010 g/mol. The van der Waals surface area contributed by atoms with Gasteiger partial charge in [-0.15, -0.1) is 0 Å². The lowest BCUT2D eigenvalue weighted by Crippen LogP contribution is -3.14. The molecule has 2 aliphatic carbocycles. The third-order valence-corrected chi connectivity index (χ3v) is 18.3. The molecule has 75 heavy (non-hydrogen) atoms. The number of ether oxygens (including phenoxy) is 5. The van der Waals surface area contributed by atoms with Crippen LogP contribution in [0.15, 0.2) is 68.2 Å². The lowest BCUT2D eigenvalue weighted by atomic mass is 9.76. The van der Waals surface area contributed by atoms with Crippen molar-refractivity contribution in [2.75, 3.05) is 51.8 Å². The second-order valence-corrected chi connectivity index (χ2v) is 23.3. The van der Waals surface area contributed by atoms with Crippen molar-refractivity contribution in [2.45, 2.75) is 138 Å². The highest BCUT2D eigenvalue weighted by Gasteiger charge is 2.58. The maximum absolute atomic E-state index is 15.3. The van der Waals surface area contributed by atoms with E-state index in [-0.39, 0.29) is 79.6 Å². The molecule has 2 saturated carbocycles. The normalized spacial score (nSPS) is 36.0. The van der Waals surface area contributed by atoms with E-state index in [1.165, 1.54) is 27.8 Å². The van der Waals surface area contributed by atoms with E-state index in [0.717, 1.165) is 18.4 Å². The molecule has 414 valence electrons. The largest absolute Gasteiger partial charge is 0.477 e. The number of carboxylic acid groups (broad SMARTS) is 1. The fourth-order valence-corrected chi connectivity index (χ4v) is 15.0. The topological polar surface area (TPSA) is 347 Å². The number of fused-ring (bicyclic) bond motifs is 8. The second kappa shape index (κ2) is 25.5. The number of allylic oxidation sites excluding steroid dienone is 2. The Hall–Kier alpha value is -4.20. The summed E-state index contributed by atoms with van der Waals surface area (Å²) in [6, 6.07) is -0.818. The van der Waals surface area contributed by atoms with Crippen molar-refractivity contribution in [1.29, 1.82) is 0 Å². The first-order valence-corrected chi connectivity index (χ1v) is 28.4. The molecule has 0 amide bonds.